The maximum Gasteiger partial charge on any atom is 0.344 e. The van der Waals surface area contributed by atoms with Gasteiger partial charge in [0.15, 0.2) is 4.34 Å². The highest BCUT2D eigenvalue weighted by molar-refractivity contribution is 8.00. The van der Waals surface area contributed by atoms with Gasteiger partial charge in [0.05, 0.1) is 10.5 Å². The molecule has 0 aromatic carbocycles. The maximum atomic E-state index is 11.2. The first-order valence-corrected chi connectivity index (χ1v) is 7.95. The summed E-state index contributed by atoms with van der Waals surface area (Å²) < 4.78 is 1.66. The van der Waals surface area contributed by atoms with Crippen LogP contribution in [0.15, 0.2) is 27.1 Å². The second-order valence-electron chi connectivity index (χ2n) is 3.64. The largest absolute Gasteiger partial charge is 0.478 e. The predicted octanol–water partition coefficient (Wildman–Crippen LogP) is 1.94. The van der Waals surface area contributed by atoms with Crippen LogP contribution in [0.25, 0.3) is 5.00 Å². The Morgan fingerprint density at radius 1 is 1.50 bits per heavy atom. The topological polar surface area (TPSA) is 137 Å². The number of hydrogen-bond donors (Lipinski definition) is 1. The van der Waals surface area contributed by atoms with Crippen molar-refractivity contribution in [1.29, 1.82) is 0 Å². The van der Waals surface area contributed by atoms with E-state index in [2.05, 4.69) is 20.5 Å². The van der Waals surface area contributed by atoms with Gasteiger partial charge in [-0.15, -0.1) is 16.4 Å². The molecule has 0 aliphatic carbocycles. The summed E-state index contributed by atoms with van der Waals surface area (Å²) in [5.74, 6) is -1.09. The van der Waals surface area contributed by atoms with Crippen LogP contribution in [-0.4, -0.2) is 41.2 Å². The normalized spacial score (nSPS) is 10.7. The smallest absolute Gasteiger partial charge is 0.344 e. The molecule has 0 saturated carbocycles. The lowest BCUT2D eigenvalue weighted by Crippen LogP contribution is -2.04. The molecule has 3 aromatic rings. The lowest BCUT2D eigenvalue weighted by Gasteiger charge is -2.01. The van der Waals surface area contributed by atoms with Gasteiger partial charge in [-0.2, -0.15) is 4.68 Å². The van der Waals surface area contributed by atoms with E-state index in [1.807, 2.05) is 0 Å². The number of thiazole rings is 1. The van der Waals surface area contributed by atoms with E-state index in [-0.39, 0.29) is 15.7 Å². The Morgan fingerprint density at radius 3 is 3.00 bits per heavy atom. The third-order valence-electron chi connectivity index (χ3n) is 2.34. The first-order chi connectivity index (χ1) is 10.6. The zero-order valence-corrected chi connectivity index (χ0v) is 12.8. The summed E-state index contributed by atoms with van der Waals surface area (Å²) in [6.07, 6.45) is 1.15. The standard InChI is InChI=1S/C9H4N6O4S3/c16-7(17)4-1-2-20-6(4)14-8(11-12-13-14)22-9-10-3-5(21-9)15(18)19/h1-3H,(H,16,17). The first-order valence-electron chi connectivity index (χ1n) is 5.44. The fraction of sp³-hybridized carbons (Fsp3) is 0. The summed E-state index contributed by atoms with van der Waals surface area (Å²) >= 11 is 3.08. The van der Waals surface area contributed by atoms with Crippen LogP contribution in [0, 0.1) is 10.1 Å². The monoisotopic (exact) mass is 356 g/mol. The molecule has 3 aromatic heterocycles. The van der Waals surface area contributed by atoms with Gasteiger partial charge in [0.1, 0.15) is 11.2 Å². The van der Waals surface area contributed by atoms with E-state index in [0.717, 1.165) is 29.3 Å². The van der Waals surface area contributed by atoms with Crippen molar-refractivity contribution >= 4 is 45.4 Å². The van der Waals surface area contributed by atoms with E-state index in [0.29, 0.717) is 9.34 Å². The lowest BCUT2D eigenvalue weighted by atomic mass is 10.3. The number of tetrazole rings is 1. The van der Waals surface area contributed by atoms with Crippen molar-refractivity contribution in [1.82, 2.24) is 25.2 Å². The van der Waals surface area contributed by atoms with E-state index in [9.17, 15) is 14.9 Å². The fourth-order valence-corrected chi connectivity index (χ4v) is 4.02. The number of carboxylic acid groups (broad SMARTS) is 1. The van der Waals surface area contributed by atoms with Gasteiger partial charge in [0, 0.05) is 0 Å². The number of aromatic nitrogens is 5. The SMILES string of the molecule is O=C(O)c1ccsc1-n1nnnc1Sc1ncc([N+](=O)[O-])s1. The van der Waals surface area contributed by atoms with Crippen molar-refractivity contribution in [3.63, 3.8) is 0 Å². The lowest BCUT2D eigenvalue weighted by molar-refractivity contribution is -0.380. The summed E-state index contributed by atoms with van der Waals surface area (Å²) in [6, 6.07) is 1.45. The molecule has 22 heavy (non-hydrogen) atoms. The second kappa shape index (κ2) is 5.78. The molecule has 0 fully saturated rings. The summed E-state index contributed by atoms with van der Waals surface area (Å²) in [5, 5.41) is 33.0. The highest BCUT2D eigenvalue weighted by atomic mass is 32.2. The van der Waals surface area contributed by atoms with Crippen LogP contribution in [-0.2, 0) is 0 Å². The molecule has 3 rings (SSSR count). The number of hydrogen-bond acceptors (Lipinski definition) is 10. The quantitative estimate of drug-likeness (QED) is 0.537. The molecule has 13 heteroatoms. The molecule has 0 radical (unpaired) electrons. The molecule has 0 atom stereocenters. The molecule has 3 heterocycles. The minimum absolute atomic E-state index is 0.0734. The van der Waals surface area contributed by atoms with Gasteiger partial charge in [0.2, 0.25) is 5.16 Å². The van der Waals surface area contributed by atoms with Crippen molar-refractivity contribution in [3.05, 3.63) is 33.3 Å². The van der Waals surface area contributed by atoms with E-state index in [4.69, 9.17) is 5.11 Å². The molecule has 0 unspecified atom stereocenters. The molecular formula is C9H4N6O4S3. The molecule has 0 saturated heterocycles. The maximum absolute atomic E-state index is 11.2. The third-order valence-corrected chi connectivity index (χ3v) is 5.19. The summed E-state index contributed by atoms with van der Waals surface area (Å²) in [4.78, 5) is 25.2. The van der Waals surface area contributed by atoms with Crippen LogP contribution in [0.3, 0.4) is 0 Å². The average Bonchev–Trinajstić information content (AvgIpc) is 3.17. The van der Waals surface area contributed by atoms with Crippen LogP contribution in [0.4, 0.5) is 5.00 Å². The Labute approximate surface area is 133 Å². The van der Waals surface area contributed by atoms with E-state index in [1.54, 1.807) is 5.38 Å². The fourth-order valence-electron chi connectivity index (χ4n) is 1.46. The Kier molecular flexibility index (Phi) is 3.82. The Morgan fingerprint density at radius 2 is 2.32 bits per heavy atom. The molecule has 10 nitrogen and oxygen atoms in total. The number of carbonyl (C=O) groups is 1. The molecule has 0 aliphatic rings. The minimum atomic E-state index is -1.09. The summed E-state index contributed by atoms with van der Waals surface area (Å²) in [7, 11) is 0. The van der Waals surface area contributed by atoms with E-state index in [1.165, 1.54) is 22.1 Å². The summed E-state index contributed by atoms with van der Waals surface area (Å²) in [6.45, 7) is 0. The predicted molar refractivity (Wildman–Crippen MR) is 76.9 cm³/mol. The van der Waals surface area contributed by atoms with Crippen LogP contribution < -0.4 is 0 Å². The Bertz CT molecular complexity index is 855. The molecular weight excluding hydrogens is 352 g/mol. The minimum Gasteiger partial charge on any atom is -0.478 e. The van der Waals surface area contributed by atoms with Gasteiger partial charge in [0.25, 0.3) is 0 Å². The molecule has 0 aliphatic heterocycles. The van der Waals surface area contributed by atoms with Gasteiger partial charge in [-0.3, -0.25) is 10.1 Å². The van der Waals surface area contributed by atoms with Crippen molar-refractivity contribution < 1.29 is 14.8 Å². The van der Waals surface area contributed by atoms with E-state index >= 15 is 0 Å². The zero-order valence-electron chi connectivity index (χ0n) is 10.3. The van der Waals surface area contributed by atoms with Gasteiger partial charge < -0.3 is 5.11 Å². The Hall–Kier alpha value is -2.38. The van der Waals surface area contributed by atoms with Crippen molar-refractivity contribution in [3.8, 4) is 5.00 Å². The van der Waals surface area contributed by atoms with Gasteiger partial charge in [-0.25, -0.2) is 9.78 Å². The molecule has 0 amide bonds. The Balaban J connectivity index is 1.93. The number of thiophene rings is 1. The first kappa shape index (κ1) is 14.6. The van der Waals surface area contributed by atoms with Crippen molar-refractivity contribution in [2.45, 2.75) is 9.50 Å². The molecule has 1 N–H and O–H groups in total. The zero-order chi connectivity index (χ0) is 15.7. The third kappa shape index (κ3) is 2.68. The number of rotatable bonds is 5. The number of aromatic carboxylic acids is 1. The van der Waals surface area contributed by atoms with Crippen LogP contribution >= 0.6 is 34.4 Å². The molecule has 0 bridgehead atoms. The highest BCUT2D eigenvalue weighted by Gasteiger charge is 2.20. The van der Waals surface area contributed by atoms with Gasteiger partial charge in [-0.05, 0) is 45.0 Å². The van der Waals surface area contributed by atoms with Crippen molar-refractivity contribution in [2.75, 3.05) is 0 Å². The van der Waals surface area contributed by atoms with Crippen molar-refractivity contribution in [2.24, 2.45) is 0 Å². The second-order valence-corrected chi connectivity index (χ2v) is 6.76. The van der Waals surface area contributed by atoms with E-state index < -0.39 is 10.9 Å². The number of nitrogens with zero attached hydrogens (tertiary/aromatic N) is 6. The van der Waals surface area contributed by atoms with Gasteiger partial charge in [-0.1, -0.05) is 0 Å². The summed E-state index contributed by atoms with van der Waals surface area (Å²) in [5.41, 5.74) is 0.0734. The number of carboxylic acids is 1. The number of nitro groups is 1. The molecule has 112 valence electrons. The van der Waals surface area contributed by atoms with Crippen LogP contribution in [0.1, 0.15) is 10.4 Å². The highest BCUT2D eigenvalue weighted by Crippen LogP contribution is 2.34. The van der Waals surface area contributed by atoms with Crippen LogP contribution in [0.5, 0.6) is 0 Å². The van der Waals surface area contributed by atoms with Gasteiger partial charge >= 0.3 is 11.0 Å². The average molecular weight is 356 g/mol. The van der Waals surface area contributed by atoms with Crippen LogP contribution in [0.2, 0.25) is 0 Å². The molecule has 0 spiro atoms.